The zero-order valence-corrected chi connectivity index (χ0v) is 12.4. The molecule has 0 aliphatic rings. The molecule has 0 unspecified atom stereocenters. The summed E-state index contributed by atoms with van der Waals surface area (Å²) in [5.74, 6) is 0.909. The molecule has 0 aliphatic heterocycles. The van der Waals surface area contributed by atoms with Gasteiger partial charge in [0.05, 0.1) is 13.2 Å². The number of nitrogens with one attached hydrogen (secondary N) is 1. The summed E-state index contributed by atoms with van der Waals surface area (Å²) < 4.78 is 5.55. The van der Waals surface area contributed by atoms with Crippen LogP contribution >= 0.6 is 0 Å². The van der Waals surface area contributed by atoms with Crippen molar-refractivity contribution in [2.24, 2.45) is 5.41 Å². The molecule has 0 fully saturated rings. The normalized spacial score (nSPS) is 11.4. The van der Waals surface area contributed by atoms with E-state index in [9.17, 15) is 5.11 Å². The highest BCUT2D eigenvalue weighted by Gasteiger charge is 2.24. The average molecular weight is 265 g/mol. The predicted octanol–water partition coefficient (Wildman–Crippen LogP) is 3.69. The third kappa shape index (κ3) is 4.75. The average Bonchev–Trinajstić information content (AvgIpc) is 2.48. The molecule has 108 valence electrons. The topological polar surface area (TPSA) is 41.5 Å². The molecule has 3 nitrogen and oxygen atoms in total. The lowest BCUT2D eigenvalue weighted by Gasteiger charge is -2.30. The van der Waals surface area contributed by atoms with Gasteiger partial charge >= 0.3 is 0 Å². The number of ether oxygens (including phenoxy) is 1. The van der Waals surface area contributed by atoms with Crippen LogP contribution in [0.5, 0.6) is 5.75 Å². The van der Waals surface area contributed by atoms with E-state index in [1.165, 1.54) is 0 Å². The van der Waals surface area contributed by atoms with Crippen LogP contribution in [-0.4, -0.2) is 24.9 Å². The van der Waals surface area contributed by atoms with Crippen LogP contribution < -0.4 is 10.1 Å². The first-order valence-electron chi connectivity index (χ1n) is 7.27. The number of benzene rings is 1. The van der Waals surface area contributed by atoms with Crippen molar-refractivity contribution in [2.45, 2.75) is 40.0 Å². The van der Waals surface area contributed by atoms with Gasteiger partial charge in [-0.1, -0.05) is 20.8 Å². The Balaban J connectivity index is 2.53. The van der Waals surface area contributed by atoms with E-state index < -0.39 is 0 Å². The van der Waals surface area contributed by atoms with Crippen molar-refractivity contribution in [3.63, 3.8) is 0 Å². The molecule has 2 N–H and O–H groups in total. The maximum Gasteiger partial charge on any atom is 0.119 e. The lowest BCUT2D eigenvalue weighted by molar-refractivity contribution is 0.127. The van der Waals surface area contributed by atoms with E-state index in [-0.39, 0.29) is 12.0 Å². The Hall–Kier alpha value is -1.22. The van der Waals surface area contributed by atoms with Crippen LogP contribution in [-0.2, 0) is 0 Å². The van der Waals surface area contributed by atoms with Crippen LogP contribution in [0.15, 0.2) is 24.3 Å². The first-order valence-corrected chi connectivity index (χ1v) is 7.27. The molecule has 0 saturated heterocycles. The molecule has 19 heavy (non-hydrogen) atoms. The Morgan fingerprint density at radius 2 is 1.74 bits per heavy atom. The maximum absolute atomic E-state index is 9.54. The van der Waals surface area contributed by atoms with Crippen molar-refractivity contribution >= 4 is 5.69 Å². The number of aliphatic hydroxyl groups excluding tert-OH is 1. The number of anilines is 1. The largest absolute Gasteiger partial charge is 0.494 e. The van der Waals surface area contributed by atoms with E-state index in [4.69, 9.17) is 4.74 Å². The molecule has 0 amide bonds. The van der Waals surface area contributed by atoms with E-state index in [1.54, 1.807) is 0 Å². The second-order valence-electron chi connectivity index (χ2n) is 5.09. The predicted molar refractivity (Wildman–Crippen MR) is 80.8 cm³/mol. The minimum Gasteiger partial charge on any atom is -0.494 e. The molecule has 0 atom stereocenters. The van der Waals surface area contributed by atoms with Crippen molar-refractivity contribution in [1.82, 2.24) is 0 Å². The van der Waals surface area contributed by atoms with Gasteiger partial charge in [0.25, 0.3) is 0 Å². The van der Waals surface area contributed by atoms with Gasteiger partial charge in [-0.05, 0) is 43.5 Å². The Labute approximate surface area is 117 Å². The first-order chi connectivity index (χ1) is 9.19. The highest BCUT2D eigenvalue weighted by atomic mass is 16.5. The quantitative estimate of drug-likeness (QED) is 0.715. The SMILES string of the molecule is CCCOc1ccc(NCC(CC)(CC)CO)cc1. The maximum atomic E-state index is 9.54. The molecule has 0 radical (unpaired) electrons. The third-order valence-electron chi connectivity index (χ3n) is 3.83. The molecule has 0 aromatic heterocycles. The molecular formula is C16H27NO2. The van der Waals surface area contributed by atoms with E-state index in [0.29, 0.717) is 0 Å². The van der Waals surface area contributed by atoms with Gasteiger partial charge in [-0.2, -0.15) is 0 Å². The Bertz CT molecular complexity index is 336. The standard InChI is InChI=1S/C16H27NO2/c1-4-11-19-15-9-7-14(8-10-15)17-12-16(5-2,6-3)13-18/h7-10,17-18H,4-6,11-13H2,1-3H3. The lowest BCUT2D eigenvalue weighted by Crippen LogP contribution is -2.32. The molecule has 0 aliphatic carbocycles. The molecule has 1 rings (SSSR count). The van der Waals surface area contributed by atoms with Crippen LogP contribution in [0.1, 0.15) is 40.0 Å². The number of hydrogen-bond acceptors (Lipinski definition) is 3. The Kier molecular flexibility index (Phi) is 6.71. The van der Waals surface area contributed by atoms with Gasteiger partial charge < -0.3 is 15.2 Å². The van der Waals surface area contributed by atoms with Crippen molar-refractivity contribution < 1.29 is 9.84 Å². The molecule has 3 heteroatoms. The smallest absolute Gasteiger partial charge is 0.119 e. The Morgan fingerprint density at radius 1 is 1.11 bits per heavy atom. The number of aliphatic hydroxyl groups is 1. The van der Waals surface area contributed by atoms with Crippen LogP contribution in [0.4, 0.5) is 5.69 Å². The summed E-state index contributed by atoms with van der Waals surface area (Å²) in [6.07, 6.45) is 2.97. The van der Waals surface area contributed by atoms with E-state index in [2.05, 4.69) is 26.1 Å². The summed E-state index contributed by atoms with van der Waals surface area (Å²) in [5.41, 5.74) is 1.06. The van der Waals surface area contributed by atoms with Gasteiger partial charge in [0.1, 0.15) is 5.75 Å². The third-order valence-corrected chi connectivity index (χ3v) is 3.83. The second kappa shape index (κ2) is 8.05. The zero-order valence-electron chi connectivity index (χ0n) is 12.4. The summed E-state index contributed by atoms with van der Waals surface area (Å²) in [7, 11) is 0. The van der Waals surface area contributed by atoms with Gasteiger partial charge in [-0.25, -0.2) is 0 Å². The van der Waals surface area contributed by atoms with Gasteiger partial charge in [-0.3, -0.25) is 0 Å². The minimum absolute atomic E-state index is 0.0165. The fourth-order valence-electron chi connectivity index (χ4n) is 1.96. The molecule has 0 bridgehead atoms. The summed E-state index contributed by atoms with van der Waals surface area (Å²) in [4.78, 5) is 0. The van der Waals surface area contributed by atoms with Crippen molar-refractivity contribution in [3.8, 4) is 5.75 Å². The first kappa shape index (κ1) is 15.8. The van der Waals surface area contributed by atoms with Crippen LogP contribution in [0.25, 0.3) is 0 Å². The van der Waals surface area contributed by atoms with E-state index in [1.807, 2.05) is 24.3 Å². The highest BCUT2D eigenvalue weighted by molar-refractivity contribution is 5.46. The van der Waals surface area contributed by atoms with Crippen LogP contribution in [0.2, 0.25) is 0 Å². The fourth-order valence-corrected chi connectivity index (χ4v) is 1.96. The monoisotopic (exact) mass is 265 g/mol. The van der Waals surface area contributed by atoms with E-state index >= 15 is 0 Å². The number of hydrogen-bond donors (Lipinski definition) is 2. The lowest BCUT2D eigenvalue weighted by atomic mass is 9.83. The van der Waals surface area contributed by atoms with Gasteiger partial charge in [-0.15, -0.1) is 0 Å². The van der Waals surface area contributed by atoms with Gasteiger partial charge in [0.15, 0.2) is 0 Å². The zero-order chi connectivity index (χ0) is 14.1. The molecular weight excluding hydrogens is 238 g/mol. The van der Waals surface area contributed by atoms with Crippen LogP contribution in [0.3, 0.4) is 0 Å². The van der Waals surface area contributed by atoms with Gasteiger partial charge in [0, 0.05) is 17.6 Å². The molecule has 0 saturated carbocycles. The second-order valence-corrected chi connectivity index (χ2v) is 5.09. The summed E-state index contributed by atoms with van der Waals surface area (Å²) >= 11 is 0. The van der Waals surface area contributed by atoms with Crippen molar-refractivity contribution in [1.29, 1.82) is 0 Å². The molecule has 0 heterocycles. The molecule has 1 aromatic rings. The van der Waals surface area contributed by atoms with Crippen molar-refractivity contribution in [3.05, 3.63) is 24.3 Å². The van der Waals surface area contributed by atoms with Crippen molar-refractivity contribution in [2.75, 3.05) is 25.1 Å². The minimum atomic E-state index is -0.0165. The number of rotatable bonds is 9. The Morgan fingerprint density at radius 3 is 2.21 bits per heavy atom. The summed E-state index contributed by atoms with van der Waals surface area (Å²) in [6, 6.07) is 8.02. The van der Waals surface area contributed by atoms with Crippen LogP contribution in [0, 0.1) is 5.41 Å². The molecule has 1 aromatic carbocycles. The van der Waals surface area contributed by atoms with E-state index in [0.717, 1.165) is 43.9 Å². The summed E-state index contributed by atoms with van der Waals surface area (Å²) in [5, 5.41) is 12.9. The summed E-state index contributed by atoms with van der Waals surface area (Å²) in [6.45, 7) is 8.13. The highest BCUT2D eigenvalue weighted by Crippen LogP contribution is 2.26. The van der Waals surface area contributed by atoms with Gasteiger partial charge in [0.2, 0.25) is 0 Å². The fraction of sp³-hybridized carbons (Fsp3) is 0.625. The molecule has 0 spiro atoms.